The van der Waals surface area contributed by atoms with Gasteiger partial charge in [-0.15, -0.1) is 0 Å². The lowest BCUT2D eigenvalue weighted by atomic mass is 9.90. The van der Waals surface area contributed by atoms with E-state index >= 15 is 0 Å². The lowest BCUT2D eigenvalue weighted by Gasteiger charge is -2.31. The van der Waals surface area contributed by atoms with Crippen LogP contribution in [0.5, 0.6) is 0 Å². The standard InChI is InChI=1S/C33H36N8O5/c1-19(42)46-18-24-23(6-7-34-30(24)40-9-8-39-26(32(40)45)11-20-13-33(2,3)14-27(20)39)21-10-25(31(44)38(5)15-21)35-28-12-22-16-37(4)29(43)17-41(22)36-28/h6-7,10-12,15H,8-9,13-14,16-18H2,1-5H3,(H,35,36). The van der Waals surface area contributed by atoms with Crippen molar-refractivity contribution in [2.24, 2.45) is 12.5 Å². The van der Waals surface area contributed by atoms with Gasteiger partial charge in [-0.25, -0.2) is 4.98 Å². The zero-order chi connectivity index (χ0) is 32.5. The first-order valence-electron chi connectivity index (χ1n) is 15.3. The Labute approximate surface area is 265 Å². The maximum Gasteiger partial charge on any atom is 0.302 e. The summed E-state index contributed by atoms with van der Waals surface area (Å²) in [6, 6.07) is 7.33. The molecule has 0 aromatic carbocycles. The van der Waals surface area contributed by atoms with Gasteiger partial charge in [-0.2, -0.15) is 5.10 Å². The molecule has 0 fully saturated rings. The number of rotatable bonds is 6. The number of pyridine rings is 2. The fourth-order valence-electron chi connectivity index (χ4n) is 6.86. The molecule has 0 spiro atoms. The average molecular weight is 625 g/mol. The summed E-state index contributed by atoms with van der Waals surface area (Å²) < 4.78 is 10.7. The van der Waals surface area contributed by atoms with Crippen molar-refractivity contribution in [3.63, 3.8) is 0 Å². The molecule has 0 unspecified atom stereocenters. The molecule has 0 radical (unpaired) electrons. The number of nitrogens with one attached hydrogen (secondary N) is 1. The number of hydrogen-bond donors (Lipinski definition) is 1. The predicted octanol–water partition coefficient (Wildman–Crippen LogP) is 3.01. The summed E-state index contributed by atoms with van der Waals surface area (Å²) in [6.45, 7) is 7.33. The Bertz CT molecular complexity index is 2000. The minimum atomic E-state index is -0.464. The van der Waals surface area contributed by atoms with Gasteiger partial charge in [0.2, 0.25) is 5.91 Å². The molecule has 6 heterocycles. The van der Waals surface area contributed by atoms with E-state index in [-0.39, 0.29) is 41.6 Å². The number of likely N-dealkylation sites (N-methyl/N-ethyl adjacent to an activating group) is 1. The predicted molar refractivity (Wildman–Crippen MR) is 170 cm³/mol. The Morgan fingerprint density at radius 1 is 1.07 bits per heavy atom. The van der Waals surface area contributed by atoms with Crippen LogP contribution in [0.15, 0.2) is 41.5 Å². The summed E-state index contributed by atoms with van der Waals surface area (Å²) in [6.07, 6.45) is 5.19. The number of ether oxygens (including phenoxy) is 1. The van der Waals surface area contributed by atoms with Crippen molar-refractivity contribution < 1.29 is 19.1 Å². The molecule has 13 nitrogen and oxygen atoms in total. The summed E-state index contributed by atoms with van der Waals surface area (Å²) in [5, 5.41) is 7.63. The summed E-state index contributed by atoms with van der Waals surface area (Å²) in [5.41, 5.74) is 6.00. The molecule has 4 aromatic heterocycles. The maximum atomic E-state index is 14.0. The molecule has 0 bridgehead atoms. The number of aryl methyl sites for hydroxylation is 1. The van der Waals surface area contributed by atoms with Crippen molar-refractivity contribution in [1.29, 1.82) is 0 Å². The van der Waals surface area contributed by atoms with E-state index in [9.17, 15) is 19.2 Å². The van der Waals surface area contributed by atoms with Crippen molar-refractivity contribution in [1.82, 2.24) is 28.8 Å². The van der Waals surface area contributed by atoms with Crippen LogP contribution in [0.2, 0.25) is 0 Å². The number of anilines is 3. The molecule has 3 aliphatic rings. The number of amides is 2. The number of hydrogen-bond acceptors (Lipinski definition) is 8. The van der Waals surface area contributed by atoms with Crippen LogP contribution in [0.1, 0.15) is 53.8 Å². The molecule has 7 rings (SSSR count). The molecule has 46 heavy (non-hydrogen) atoms. The minimum Gasteiger partial charge on any atom is -0.461 e. The number of esters is 1. The quantitative estimate of drug-likeness (QED) is 0.324. The first-order chi connectivity index (χ1) is 21.9. The topological polar surface area (TPSA) is 137 Å². The van der Waals surface area contributed by atoms with Gasteiger partial charge in [-0.1, -0.05) is 13.8 Å². The van der Waals surface area contributed by atoms with E-state index in [1.54, 1.807) is 53.1 Å². The smallest absolute Gasteiger partial charge is 0.302 e. The largest absolute Gasteiger partial charge is 0.461 e. The number of carbonyl (C=O) groups excluding carboxylic acids is 3. The Hall–Kier alpha value is -5.20. The highest BCUT2D eigenvalue weighted by molar-refractivity contribution is 6.06. The van der Waals surface area contributed by atoms with E-state index in [4.69, 9.17) is 4.74 Å². The Morgan fingerprint density at radius 3 is 2.65 bits per heavy atom. The zero-order valence-electron chi connectivity index (χ0n) is 26.6. The Morgan fingerprint density at radius 2 is 1.87 bits per heavy atom. The van der Waals surface area contributed by atoms with Gasteiger partial charge in [0.1, 0.15) is 30.4 Å². The zero-order valence-corrected chi connectivity index (χ0v) is 26.6. The number of fused-ring (bicyclic) bond motifs is 4. The lowest BCUT2D eigenvalue weighted by Crippen LogP contribution is -2.41. The van der Waals surface area contributed by atoms with E-state index in [0.29, 0.717) is 53.7 Å². The van der Waals surface area contributed by atoms with Crippen molar-refractivity contribution in [3.8, 4) is 11.1 Å². The van der Waals surface area contributed by atoms with Crippen LogP contribution < -0.4 is 15.8 Å². The minimum absolute atomic E-state index is 0.0395. The van der Waals surface area contributed by atoms with E-state index in [1.807, 2.05) is 12.1 Å². The van der Waals surface area contributed by atoms with Crippen LogP contribution in [-0.4, -0.2) is 60.2 Å². The van der Waals surface area contributed by atoms with Gasteiger partial charge in [-0.05, 0) is 47.6 Å². The highest BCUT2D eigenvalue weighted by Gasteiger charge is 2.37. The van der Waals surface area contributed by atoms with Crippen LogP contribution in [0, 0.1) is 5.41 Å². The molecule has 1 aliphatic carbocycles. The second kappa shape index (κ2) is 10.7. The maximum absolute atomic E-state index is 14.0. The molecule has 2 amide bonds. The second-order valence-electron chi connectivity index (χ2n) is 13.2. The number of nitrogens with zero attached hydrogens (tertiary/aromatic N) is 7. The fraction of sp³-hybridized carbons (Fsp3) is 0.394. The Kier molecular flexibility index (Phi) is 6.87. The third-order valence-corrected chi connectivity index (χ3v) is 9.06. The SMILES string of the molecule is CC(=O)OCc1c(-c2cc(Nc3cc4n(n3)CC(=O)N(C)C4)c(=O)n(C)c2)ccnc1N1CCn2c(cc3c2CC(C)(C)C3)C1=O. The van der Waals surface area contributed by atoms with Crippen LogP contribution in [-0.2, 0) is 60.5 Å². The van der Waals surface area contributed by atoms with Gasteiger partial charge in [0, 0.05) is 69.4 Å². The van der Waals surface area contributed by atoms with Crippen LogP contribution in [0.4, 0.5) is 17.3 Å². The molecular formula is C33H36N8O5. The van der Waals surface area contributed by atoms with Gasteiger partial charge in [0.25, 0.3) is 11.5 Å². The Balaban J connectivity index is 1.26. The highest BCUT2D eigenvalue weighted by Crippen LogP contribution is 2.40. The average Bonchev–Trinajstić information content (AvgIpc) is 3.63. The van der Waals surface area contributed by atoms with Gasteiger partial charge >= 0.3 is 5.97 Å². The fourth-order valence-corrected chi connectivity index (χ4v) is 6.86. The monoisotopic (exact) mass is 624 g/mol. The van der Waals surface area contributed by atoms with Crippen molar-refractivity contribution in [2.75, 3.05) is 23.8 Å². The van der Waals surface area contributed by atoms with Crippen molar-refractivity contribution in [2.45, 2.75) is 59.9 Å². The van der Waals surface area contributed by atoms with Gasteiger partial charge in [-0.3, -0.25) is 28.8 Å². The summed E-state index contributed by atoms with van der Waals surface area (Å²) in [4.78, 5) is 59.3. The van der Waals surface area contributed by atoms with Crippen LogP contribution in [0.3, 0.4) is 0 Å². The summed E-state index contributed by atoms with van der Waals surface area (Å²) in [7, 11) is 3.39. The molecule has 2 aliphatic heterocycles. The highest BCUT2D eigenvalue weighted by atomic mass is 16.5. The van der Waals surface area contributed by atoms with Crippen LogP contribution >= 0.6 is 0 Å². The van der Waals surface area contributed by atoms with Gasteiger partial charge in [0.05, 0.1) is 12.2 Å². The van der Waals surface area contributed by atoms with E-state index < -0.39 is 5.97 Å². The lowest BCUT2D eigenvalue weighted by molar-refractivity contribution is -0.142. The third kappa shape index (κ3) is 5.05. The molecule has 238 valence electrons. The van der Waals surface area contributed by atoms with Crippen molar-refractivity contribution >= 4 is 35.1 Å². The molecule has 0 saturated carbocycles. The summed E-state index contributed by atoms with van der Waals surface area (Å²) in [5.74, 6) is 0.204. The molecule has 4 aromatic rings. The number of carbonyl (C=O) groups is 3. The molecule has 0 saturated heterocycles. The molecule has 1 N–H and O–H groups in total. The summed E-state index contributed by atoms with van der Waals surface area (Å²) >= 11 is 0. The van der Waals surface area contributed by atoms with Crippen molar-refractivity contribution in [3.05, 3.63) is 75.2 Å². The first-order valence-corrected chi connectivity index (χ1v) is 15.3. The van der Waals surface area contributed by atoms with Crippen LogP contribution in [0.25, 0.3) is 11.1 Å². The third-order valence-electron chi connectivity index (χ3n) is 9.06. The van der Waals surface area contributed by atoms with Gasteiger partial charge in [0.15, 0.2) is 5.82 Å². The molecule has 13 heteroatoms. The number of aromatic nitrogens is 5. The van der Waals surface area contributed by atoms with E-state index in [2.05, 4.69) is 33.8 Å². The second-order valence-corrected chi connectivity index (χ2v) is 13.2. The molecular weight excluding hydrogens is 588 g/mol. The van der Waals surface area contributed by atoms with E-state index in [1.165, 1.54) is 22.7 Å². The van der Waals surface area contributed by atoms with E-state index in [0.717, 1.165) is 18.5 Å². The molecule has 0 atom stereocenters. The van der Waals surface area contributed by atoms with Gasteiger partial charge < -0.3 is 24.1 Å². The normalized spacial score (nSPS) is 16.7. The first kappa shape index (κ1) is 29.5.